The number of aromatic nitrogens is 1. The molecule has 0 spiro atoms. The van der Waals surface area contributed by atoms with Gasteiger partial charge in [-0.15, -0.1) is 0 Å². The lowest BCUT2D eigenvalue weighted by Crippen LogP contribution is -2.45. The summed E-state index contributed by atoms with van der Waals surface area (Å²) in [7, 11) is 0. The van der Waals surface area contributed by atoms with Crippen LogP contribution in [0, 0.1) is 6.92 Å². The smallest absolute Gasteiger partial charge is 0.255 e. The highest BCUT2D eigenvalue weighted by atomic mass is 16.2. The number of pyridine rings is 1. The first-order valence-electron chi connectivity index (χ1n) is 6.30. The Bertz CT molecular complexity index is 511. The standard InChI is InChI=1S/C13H18N4O2/c1-7-5-11(14)10(6-15-7)13(19)16-8(2)12(18)17-9-3-4-9/h5-6,8-9H,3-4H2,1-2H3,(H2,14,15)(H,16,19)(H,17,18). The summed E-state index contributed by atoms with van der Waals surface area (Å²) in [4.78, 5) is 27.7. The van der Waals surface area contributed by atoms with Gasteiger partial charge in [-0.05, 0) is 32.8 Å². The largest absolute Gasteiger partial charge is 0.398 e. The topological polar surface area (TPSA) is 97.1 Å². The van der Waals surface area contributed by atoms with E-state index in [0.29, 0.717) is 5.69 Å². The zero-order chi connectivity index (χ0) is 14.0. The van der Waals surface area contributed by atoms with Crippen LogP contribution in [0.1, 0.15) is 35.8 Å². The van der Waals surface area contributed by atoms with E-state index in [2.05, 4.69) is 15.6 Å². The number of anilines is 1. The molecule has 102 valence electrons. The third-order valence-electron chi connectivity index (χ3n) is 2.98. The van der Waals surface area contributed by atoms with Gasteiger partial charge in [0.2, 0.25) is 5.91 Å². The molecule has 0 radical (unpaired) electrons. The number of nitrogen functional groups attached to an aromatic ring is 1. The number of nitrogens with one attached hydrogen (secondary N) is 2. The van der Waals surface area contributed by atoms with E-state index in [1.165, 1.54) is 6.20 Å². The zero-order valence-electron chi connectivity index (χ0n) is 11.1. The predicted molar refractivity (Wildman–Crippen MR) is 71.5 cm³/mol. The van der Waals surface area contributed by atoms with Crippen molar-refractivity contribution >= 4 is 17.5 Å². The van der Waals surface area contributed by atoms with Crippen LogP contribution >= 0.6 is 0 Å². The van der Waals surface area contributed by atoms with E-state index in [0.717, 1.165) is 18.5 Å². The second kappa shape index (κ2) is 5.26. The number of aryl methyl sites for hydroxylation is 1. The van der Waals surface area contributed by atoms with Gasteiger partial charge in [0, 0.05) is 23.6 Å². The third kappa shape index (κ3) is 3.43. The lowest BCUT2D eigenvalue weighted by atomic mass is 10.2. The van der Waals surface area contributed by atoms with Gasteiger partial charge in [-0.3, -0.25) is 14.6 Å². The van der Waals surface area contributed by atoms with Crippen molar-refractivity contribution in [2.24, 2.45) is 0 Å². The van der Waals surface area contributed by atoms with Gasteiger partial charge < -0.3 is 16.4 Å². The number of rotatable bonds is 4. The molecule has 1 aromatic heterocycles. The second-order valence-corrected chi connectivity index (χ2v) is 4.89. The van der Waals surface area contributed by atoms with Crippen molar-refractivity contribution < 1.29 is 9.59 Å². The molecule has 19 heavy (non-hydrogen) atoms. The van der Waals surface area contributed by atoms with Crippen LogP contribution in [0.5, 0.6) is 0 Å². The average Bonchev–Trinajstić information content (AvgIpc) is 3.12. The van der Waals surface area contributed by atoms with E-state index in [-0.39, 0.29) is 23.4 Å². The molecule has 4 N–H and O–H groups in total. The molecule has 6 heteroatoms. The number of nitrogens with zero attached hydrogens (tertiary/aromatic N) is 1. The van der Waals surface area contributed by atoms with E-state index in [1.807, 2.05) is 0 Å². The molecule has 1 aliphatic rings. The van der Waals surface area contributed by atoms with Crippen molar-refractivity contribution in [3.63, 3.8) is 0 Å². The lowest BCUT2D eigenvalue weighted by molar-refractivity contribution is -0.122. The summed E-state index contributed by atoms with van der Waals surface area (Å²) in [5.41, 5.74) is 7.16. The molecule has 0 aliphatic heterocycles. The molecule has 6 nitrogen and oxygen atoms in total. The highest BCUT2D eigenvalue weighted by Gasteiger charge is 2.26. The Kier molecular flexibility index (Phi) is 3.69. The molecule has 1 unspecified atom stereocenters. The van der Waals surface area contributed by atoms with Gasteiger partial charge in [0.05, 0.1) is 5.56 Å². The summed E-state index contributed by atoms with van der Waals surface area (Å²) >= 11 is 0. The van der Waals surface area contributed by atoms with Crippen molar-refractivity contribution in [3.8, 4) is 0 Å². The Balaban J connectivity index is 1.97. The van der Waals surface area contributed by atoms with Crippen molar-refractivity contribution in [2.45, 2.75) is 38.8 Å². The number of amides is 2. The Hall–Kier alpha value is -2.11. The minimum absolute atomic E-state index is 0.172. The molecule has 1 heterocycles. The summed E-state index contributed by atoms with van der Waals surface area (Å²) in [5, 5.41) is 5.45. The fourth-order valence-electron chi connectivity index (χ4n) is 1.66. The Morgan fingerprint density at radius 2 is 2.16 bits per heavy atom. The van der Waals surface area contributed by atoms with Crippen LogP contribution in [0.15, 0.2) is 12.3 Å². The Morgan fingerprint density at radius 1 is 1.47 bits per heavy atom. The van der Waals surface area contributed by atoms with Crippen LogP contribution in [-0.4, -0.2) is 28.9 Å². The highest BCUT2D eigenvalue weighted by molar-refractivity contribution is 6.01. The summed E-state index contributed by atoms with van der Waals surface area (Å²) in [6.07, 6.45) is 3.45. The normalized spacial score (nSPS) is 15.7. The maximum atomic E-state index is 12.0. The van der Waals surface area contributed by atoms with E-state index < -0.39 is 6.04 Å². The molecule has 1 atom stereocenters. The van der Waals surface area contributed by atoms with Crippen LogP contribution in [0.3, 0.4) is 0 Å². The monoisotopic (exact) mass is 262 g/mol. The molecule has 1 fully saturated rings. The minimum Gasteiger partial charge on any atom is -0.398 e. The van der Waals surface area contributed by atoms with Gasteiger partial charge in [-0.2, -0.15) is 0 Å². The van der Waals surface area contributed by atoms with Crippen molar-refractivity contribution in [1.82, 2.24) is 15.6 Å². The van der Waals surface area contributed by atoms with E-state index in [1.54, 1.807) is 19.9 Å². The molecular formula is C13H18N4O2. The Labute approximate surface area is 111 Å². The van der Waals surface area contributed by atoms with Gasteiger partial charge in [0.1, 0.15) is 6.04 Å². The average molecular weight is 262 g/mol. The lowest BCUT2D eigenvalue weighted by Gasteiger charge is -2.14. The van der Waals surface area contributed by atoms with E-state index in [4.69, 9.17) is 5.73 Å². The first-order chi connectivity index (χ1) is 8.97. The molecule has 0 saturated heterocycles. The van der Waals surface area contributed by atoms with E-state index >= 15 is 0 Å². The fourth-order valence-corrected chi connectivity index (χ4v) is 1.66. The van der Waals surface area contributed by atoms with Crippen LogP contribution in [-0.2, 0) is 4.79 Å². The summed E-state index contributed by atoms with van der Waals surface area (Å²) in [5.74, 6) is -0.557. The first-order valence-corrected chi connectivity index (χ1v) is 6.30. The zero-order valence-corrected chi connectivity index (χ0v) is 11.1. The minimum atomic E-state index is -0.589. The molecule has 1 aromatic rings. The quantitative estimate of drug-likeness (QED) is 0.730. The second-order valence-electron chi connectivity index (χ2n) is 4.89. The van der Waals surface area contributed by atoms with Crippen molar-refractivity contribution in [3.05, 3.63) is 23.5 Å². The van der Waals surface area contributed by atoms with Crippen molar-refractivity contribution in [2.75, 3.05) is 5.73 Å². The number of hydrogen-bond acceptors (Lipinski definition) is 4. The van der Waals surface area contributed by atoms with Crippen LogP contribution in [0.25, 0.3) is 0 Å². The number of nitrogens with two attached hydrogens (primary N) is 1. The highest BCUT2D eigenvalue weighted by Crippen LogP contribution is 2.18. The summed E-state index contributed by atoms with van der Waals surface area (Å²) in [6, 6.07) is 1.32. The molecule has 0 aromatic carbocycles. The van der Waals surface area contributed by atoms with Gasteiger partial charge >= 0.3 is 0 Å². The number of carbonyl (C=O) groups excluding carboxylic acids is 2. The van der Waals surface area contributed by atoms with Crippen LogP contribution in [0.2, 0.25) is 0 Å². The predicted octanol–water partition coefficient (Wildman–Crippen LogP) is 0.369. The molecule has 2 amide bonds. The maximum absolute atomic E-state index is 12.0. The van der Waals surface area contributed by atoms with Crippen molar-refractivity contribution in [1.29, 1.82) is 0 Å². The summed E-state index contributed by atoms with van der Waals surface area (Å²) in [6.45, 7) is 3.44. The fraction of sp³-hybridized carbons (Fsp3) is 0.462. The van der Waals surface area contributed by atoms with Gasteiger partial charge in [-0.1, -0.05) is 0 Å². The van der Waals surface area contributed by atoms with Gasteiger partial charge in [0.15, 0.2) is 0 Å². The first kappa shape index (κ1) is 13.3. The van der Waals surface area contributed by atoms with Gasteiger partial charge in [-0.25, -0.2) is 0 Å². The molecule has 2 rings (SSSR count). The maximum Gasteiger partial charge on any atom is 0.255 e. The third-order valence-corrected chi connectivity index (χ3v) is 2.98. The molecule has 0 bridgehead atoms. The SMILES string of the molecule is Cc1cc(N)c(C(=O)NC(C)C(=O)NC2CC2)cn1. The Morgan fingerprint density at radius 3 is 2.74 bits per heavy atom. The van der Waals surface area contributed by atoms with E-state index in [9.17, 15) is 9.59 Å². The van der Waals surface area contributed by atoms with Crippen LogP contribution in [0.4, 0.5) is 5.69 Å². The molecular weight excluding hydrogens is 244 g/mol. The van der Waals surface area contributed by atoms with Gasteiger partial charge in [0.25, 0.3) is 5.91 Å². The molecule has 1 aliphatic carbocycles. The number of carbonyl (C=O) groups is 2. The summed E-state index contributed by atoms with van der Waals surface area (Å²) < 4.78 is 0. The van der Waals surface area contributed by atoms with Crippen LogP contribution < -0.4 is 16.4 Å². The number of hydrogen-bond donors (Lipinski definition) is 3. The molecule has 1 saturated carbocycles.